The molecule has 4 aliphatic carbocycles. The van der Waals surface area contributed by atoms with Gasteiger partial charge in [-0.25, -0.2) is 4.39 Å². The van der Waals surface area contributed by atoms with Crippen molar-refractivity contribution < 1.29 is 28.6 Å². The third kappa shape index (κ3) is 2.81. The van der Waals surface area contributed by atoms with E-state index >= 15 is 4.39 Å². The first-order valence-corrected chi connectivity index (χ1v) is 12.0. The van der Waals surface area contributed by atoms with Gasteiger partial charge in [-0.3, -0.25) is 14.4 Å². The number of alkyl halides is 2. The smallest absolute Gasteiger partial charge is 0.309 e. The van der Waals surface area contributed by atoms with Gasteiger partial charge in [0.2, 0.25) is 0 Å². The highest BCUT2D eigenvalue weighted by atomic mass is 35.5. The molecule has 0 bridgehead atoms. The number of halogens is 2. The van der Waals surface area contributed by atoms with E-state index in [1.165, 1.54) is 12.2 Å². The molecular weight excluding hydrogens is 435 g/mol. The van der Waals surface area contributed by atoms with Crippen LogP contribution in [0.3, 0.4) is 0 Å². The molecule has 7 heteroatoms. The summed E-state index contributed by atoms with van der Waals surface area (Å²) in [5.74, 6) is -2.61. The van der Waals surface area contributed by atoms with Gasteiger partial charge in [-0.05, 0) is 57.1 Å². The van der Waals surface area contributed by atoms with Gasteiger partial charge in [-0.15, -0.1) is 11.6 Å². The number of Topliss-reactive ketones (excluding diaryl/α,β-unsaturated/α-hetero) is 1. The molecule has 3 fully saturated rings. The summed E-state index contributed by atoms with van der Waals surface area (Å²) in [4.78, 5) is 37.8. The fraction of sp³-hybridized carbons (Fsp3) is 0.720. The van der Waals surface area contributed by atoms with E-state index in [4.69, 9.17) is 16.3 Å². The van der Waals surface area contributed by atoms with Gasteiger partial charge in [-0.1, -0.05) is 32.4 Å². The predicted octanol–water partition coefficient (Wildman–Crippen LogP) is 4.10. The minimum absolute atomic E-state index is 0.0245. The number of ether oxygens (including phenoxy) is 1. The lowest BCUT2D eigenvalue weighted by Gasteiger charge is -2.62. The molecule has 176 valence electrons. The van der Waals surface area contributed by atoms with Gasteiger partial charge in [0, 0.05) is 16.7 Å². The molecule has 1 N–H and O–H groups in total. The molecule has 0 heterocycles. The van der Waals surface area contributed by atoms with Crippen LogP contribution in [0.5, 0.6) is 0 Å². The Morgan fingerprint density at radius 2 is 1.97 bits per heavy atom. The van der Waals surface area contributed by atoms with Crippen LogP contribution in [0.15, 0.2) is 23.8 Å². The Morgan fingerprint density at radius 1 is 1.28 bits per heavy atom. The van der Waals surface area contributed by atoms with Crippen LogP contribution >= 0.6 is 11.6 Å². The monoisotopic (exact) mass is 466 g/mol. The van der Waals surface area contributed by atoms with E-state index in [0.29, 0.717) is 24.8 Å². The Hall–Kier alpha value is -1.53. The first kappa shape index (κ1) is 23.6. The number of fused-ring (bicyclic) bond motifs is 5. The number of aliphatic hydroxyl groups is 1. The third-order valence-electron chi connectivity index (χ3n) is 9.08. The number of hydrogen-bond acceptors (Lipinski definition) is 5. The summed E-state index contributed by atoms with van der Waals surface area (Å²) < 4.78 is 23.0. The highest BCUT2D eigenvalue weighted by Gasteiger charge is 2.75. The molecule has 3 saturated carbocycles. The fourth-order valence-corrected chi connectivity index (χ4v) is 7.49. The lowest BCUT2D eigenvalue weighted by Crippen LogP contribution is -2.69. The lowest BCUT2D eigenvalue weighted by molar-refractivity contribution is -0.225. The minimum Gasteiger partial charge on any atom is -0.450 e. The van der Waals surface area contributed by atoms with E-state index < -0.39 is 46.0 Å². The SMILES string of the molecule is CC(C)C(=O)O[C@]1(C(=O)CCl)CC[C@H]2[C@@H]3CCC4=CC(=O)C=C[C@]4(C)[C@@]3(F)[C@@H](O)C[C@@]21C. The standard InChI is InChI=1S/C25H32ClFO5/c1-14(2)21(31)32-24(20(30)13-26)10-8-17-18-6-5-15-11-16(28)7-9-22(15,3)25(18,27)19(29)12-23(17,24)4/h7,9,11,14,17-19,29H,5-6,8,10,12-13H2,1-4H3/t17-,18-,19-,22-,23-,24-,25-/m0/s1. The number of allylic oxidation sites excluding steroid dienone is 4. The van der Waals surface area contributed by atoms with Crippen molar-refractivity contribution in [2.75, 3.05) is 5.88 Å². The van der Waals surface area contributed by atoms with E-state index in [-0.39, 0.29) is 36.2 Å². The van der Waals surface area contributed by atoms with Gasteiger partial charge in [0.15, 0.2) is 22.8 Å². The molecule has 0 aliphatic heterocycles. The minimum atomic E-state index is -1.99. The number of carbonyl (C=O) groups excluding carboxylic acids is 3. The Kier molecular flexibility index (Phi) is 5.53. The Labute approximate surface area is 193 Å². The van der Waals surface area contributed by atoms with E-state index in [9.17, 15) is 19.5 Å². The summed E-state index contributed by atoms with van der Waals surface area (Å²) in [5.41, 5.74) is -4.78. The van der Waals surface area contributed by atoms with Crippen LogP contribution in [0.4, 0.5) is 4.39 Å². The van der Waals surface area contributed by atoms with Crippen molar-refractivity contribution in [3.63, 3.8) is 0 Å². The van der Waals surface area contributed by atoms with Crippen molar-refractivity contribution in [2.24, 2.45) is 28.6 Å². The molecule has 0 aromatic carbocycles. The topological polar surface area (TPSA) is 80.7 Å². The van der Waals surface area contributed by atoms with Crippen LogP contribution in [-0.2, 0) is 19.1 Å². The summed E-state index contributed by atoms with van der Waals surface area (Å²) in [5, 5.41) is 11.4. The summed E-state index contributed by atoms with van der Waals surface area (Å²) in [6.07, 6.45) is 4.85. The van der Waals surface area contributed by atoms with Gasteiger partial charge in [0.1, 0.15) is 0 Å². The van der Waals surface area contributed by atoms with E-state index in [1.807, 2.05) is 6.92 Å². The molecule has 0 unspecified atom stereocenters. The maximum atomic E-state index is 17.1. The van der Waals surface area contributed by atoms with Crippen LogP contribution in [-0.4, -0.2) is 45.9 Å². The van der Waals surface area contributed by atoms with E-state index in [2.05, 4.69) is 0 Å². The van der Waals surface area contributed by atoms with Crippen molar-refractivity contribution in [1.29, 1.82) is 0 Å². The molecular formula is C25H32ClFO5. The first-order chi connectivity index (χ1) is 14.9. The number of rotatable bonds is 4. The second-order valence-electron chi connectivity index (χ2n) is 10.8. The molecule has 0 radical (unpaired) electrons. The van der Waals surface area contributed by atoms with Crippen molar-refractivity contribution in [3.05, 3.63) is 23.8 Å². The molecule has 0 aromatic rings. The second kappa shape index (κ2) is 7.49. The molecule has 4 rings (SSSR count). The zero-order chi connectivity index (χ0) is 23.7. The summed E-state index contributed by atoms with van der Waals surface area (Å²) in [7, 11) is 0. The summed E-state index contributed by atoms with van der Waals surface area (Å²) >= 11 is 5.98. The maximum absolute atomic E-state index is 17.1. The molecule has 5 nitrogen and oxygen atoms in total. The van der Waals surface area contributed by atoms with Gasteiger partial charge in [0.25, 0.3) is 0 Å². The van der Waals surface area contributed by atoms with Crippen molar-refractivity contribution in [3.8, 4) is 0 Å². The van der Waals surface area contributed by atoms with Gasteiger partial charge < -0.3 is 9.84 Å². The fourth-order valence-electron chi connectivity index (χ4n) is 7.28. The Balaban J connectivity index is 1.80. The van der Waals surface area contributed by atoms with Gasteiger partial charge in [0.05, 0.1) is 17.9 Å². The molecule has 32 heavy (non-hydrogen) atoms. The largest absolute Gasteiger partial charge is 0.450 e. The molecule has 0 spiro atoms. The van der Waals surface area contributed by atoms with Crippen LogP contribution in [0.2, 0.25) is 0 Å². The molecule has 4 aliphatic rings. The quantitative estimate of drug-likeness (QED) is 0.498. The normalized spacial score (nSPS) is 45.1. The Bertz CT molecular complexity index is 927. The van der Waals surface area contributed by atoms with Gasteiger partial charge in [-0.2, -0.15) is 0 Å². The van der Waals surface area contributed by atoms with E-state index in [0.717, 1.165) is 0 Å². The number of carbonyl (C=O) groups is 3. The zero-order valence-corrected chi connectivity index (χ0v) is 19.9. The first-order valence-electron chi connectivity index (χ1n) is 11.5. The zero-order valence-electron chi connectivity index (χ0n) is 19.1. The lowest BCUT2D eigenvalue weighted by atomic mass is 9.44. The highest BCUT2D eigenvalue weighted by Crippen LogP contribution is 2.70. The third-order valence-corrected chi connectivity index (χ3v) is 9.32. The second-order valence-corrected chi connectivity index (χ2v) is 11.0. The predicted molar refractivity (Wildman–Crippen MR) is 118 cm³/mol. The van der Waals surface area contributed by atoms with Crippen molar-refractivity contribution >= 4 is 29.1 Å². The van der Waals surface area contributed by atoms with Crippen molar-refractivity contribution in [2.45, 2.75) is 77.2 Å². The number of hydrogen-bond donors (Lipinski definition) is 1. The number of esters is 1. The highest BCUT2D eigenvalue weighted by molar-refractivity contribution is 6.29. The van der Waals surface area contributed by atoms with Crippen molar-refractivity contribution in [1.82, 2.24) is 0 Å². The Morgan fingerprint density at radius 3 is 2.59 bits per heavy atom. The molecule has 0 aromatic heterocycles. The molecule has 0 saturated heterocycles. The summed E-state index contributed by atoms with van der Waals surface area (Å²) in [6.45, 7) is 7.00. The van der Waals surface area contributed by atoms with Crippen LogP contribution < -0.4 is 0 Å². The maximum Gasteiger partial charge on any atom is 0.309 e. The summed E-state index contributed by atoms with van der Waals surface area (Å²) in [6, 6.07) is 0. The molecule has 7 atom stereocenters. The van der Waals surface area contributed by atoms with Gasteiger partial charge >= 0.3 is 5.97 Å². The van der Waals surface area contributed by atoms with E-state index in [1.54, 1.807) is 26.8 Å². The average molecular weight is 467 g/mol. The number of aliphatic hydroxyl groups excluding tert-OH is 1. The number of ketones is 2. The van der Waals surface area contributed by atoms with Crippen LogP contribution in [0, 0.1) is 28.6 Å². The van der Waals surface area contributed by atoms with Crippen LogP contribution in [0.25, 0.3) is 0 Å². The van der Waals surface area contributed by atoms with Crippen LogP contribution in [0.1, 0.15) is 59.8 Å². The average Bonchev–Trinajstić information content (AvgIpc) is 3.01. The molecule has 0 amide bonds.